The van der Waals surface area contributed by atoms with Crippen molar-refractivity contribution in [2.75, 3.05) is 18.5 Å². The van der Waals surface area contributed by atoms with Crippen LogP contribution in [0.3, 0.4) is 0 Å². The third-order valence-corrected chi connectivity index (χ3v) is 4.33. The molecule has 0 amide bonds. The SMILES string of the molecule is O=C(OCCNc1cccc2c1C(=O)c1ccccc1C2=O)c1ccco1. The maximum atomic E-state index is 12.9. The number of anilines is 1. The number of carbonyl (C=O) groups excluding carboxylic acids is 3. The van der Waals surface area contributed by atoms with E-state index in [-0.39, 0.29) is 30.5 Å². The Morgan fingerprint density at radius 1 is 0.889 bits per heavy atom. The van der Waals surface area contributed by atoms with Crippen molar-refractivity contribution in [3.63, 3.8) is 0 Å². The highest BCUT2D eigenvalue weighted by atomic mass is 16.5. The van der Waals surface area contributed by atoms with E-state index < -0.39 is 5.97 Å². The quantitative estimate of drug-likeness (QED) is 0.433. The third kappa shape index (κ3) is 3.01. The van der Waals surface area contributed by atoms with Gasteiger partial charge in [-0.15, -0.1) is 0 Å². The highest BCUT2D eigenvalue weighted by Crippen LogP contribution is 2.31. The van der Waals surface area contributed by atoms with Gasteiger partial charge in [0.2, 0.25) is 5.76 Å². The number of hydrogen-bond donors (Lipinski definition) is 1. The van der Waals surface area contributed by atoms with Crippen molar-refractivity contribution in [1.29, 1.82) is 0 Å². The monoisotopic (exact) mass is 361 g/mol. The summed E-state index contributed by atoms with van der Waals surface area (Å²) in [5.74, 6) is -0.800. The summed E-state index contributed by atoms with van der Waals surface area (Å²) in [5, 5.41) is 3.07. The first-order valence-corrected chi connectivity index (χ1v) is 8.43. The van der Waals surface area contributed by atoms with Crippen LogP contribution in [-0.2, 0) is 4.74 Å². The molecule has 0 fully saturated rings. The average molecular weight is 361 g/mol. The minimum absolute atomic E-state index is 0.0852. The molecule has 6 heteroatoms. The molecule has 4 rings (SSSR count). The fourth-order valence-electron chi connectivity index (χ4n) is 3.09. The van der Waals surface area contributed by atoms with Crippen LogP contribution >= 0.6 is 0 Å². The summed E-state index contributed by atoms with van der Waals surface area (Å²) in [4.78, 5) is 37.3. The second kappa shape index (κ2) is 6.92. The molecule has 0 saturated carbocycles. The van der Waals surface area contributed by atoms with Crippen LogP contribution in [0.25, 0.3) is 0 Å². The molecule has 1 heterocycles. The summed E-state index contributed by atoms with van der Waals surface area (Å²) in [6, 6.07) is 15.0. The number of fused-ring (bicyclic) bond motifs is 2. The Hall–Kier alpha value is -3.67. The van der Waals surface area contributed by atoms with E-state index in [9.17, 15) is 14.4 Å². The van der Waals surface area contributed by atoms with E-state index in [1.807, 2.05) is 0 Å². The van der Waals surface area contributed by atoms with E-state index in [0.717, 1.165) is 0 Å². The minimum atomic E-state index is -0.558. The Bertz CT molecular complexity index is 1040. The molecule has 3 aromatic rings. The van der Waals surface area contributed by atoms with Gasteiger partial charge in [0.05, 0.1) is 11.8 Å². The summed E-state index contributed by atoms with van der Waals surface area (Å²) in [7, 11) is 0. The van der Waals surface area contributed by atoms with Gasteiger partial charge in [-0.2, -0.15) is 0 Å². The zero-order valence-corrected chi connectivity index (χ0v) is 14.2. The van der Waals surface area contributed by atoms with Crippen LogP contribution in [0.15, 0.2) is 65.3 Å². The first-order valence-electron chi connectivity index (χ1n) is 8.43. The molecule has 0 aliphatic heterocycles. The van der Waals surface area contributed by atoms with Gasteiger partial charge in [0.15, 0.2) is 11.6 Å². The number of rotatable bonds is 5. The molecule has 27 heavy (non-hydrogen) atoms. The lowest BCUT2D eigenvalue weighted by atomic mass is 9.83. The molecular formula is C21H15NO5. The molecule has 6 nitrogen and oxygen atoms in total. The summed E-state index contributed by atoms with van der Waals surface area (Å²) in [5.41, 5.74) is 2.07. The van der Waals surface area contributed by atoms with Gasteiger partial charge in [0.25, 0.3) is 0 Å². The smallest absolute Gasteiger partial charge is 0.374 e. The Morgan fingerprint density at radius 3 is 2.37 bits per heavy atom. The zero-order chi connectivity index (χ0) is 18.8. The van der Waals surface area contributed by atoms with Gasteiger partial charge in [0, 0.05) is 28.9 Å². The summed E-state index contributed by atoms with van der Waals surface area (Å²) >= 11 is 0. The number of furan rings is 1. The number of benzene rings is 2. The molecule has 1 N–H and O–H groups in total. The van der Waals surface area contributed by atoms with Gasteiger partial charge in [0.1, 0.15) is 6.61 Å². The van der Waals surface area contributed by atoms with Gasteiger partial charge in [-0.25, -0.2) is 4.79 Å². The predicted molar refractivity (Wildman–Crippen MR) is 97.2 cm³/mol. The molecule has 2 aromatic carbocycles. The first kappa shape index (κ1) is 16.8. The van der Waals surface area contributed by atoms with Crippen LogP contribution in [-0.4, -0.2) is 30.7 Å². The molecule has 1 aromatic heterocycles. The van der Waals surface area contributed by atoms with Crippen LogP contribution in [0.2, 0.25) is 0 Å². The second-order valence-corrected chi connectivity index (χ2v) is 5.97. The average Bonchev–Trinajstić information content (AvgIpc) is 3.24. The van der Waals surface area contributed by atoms with Gasteiger partial charge < -0.3 is 14.5 Å². The van der Waals surface area contributed by atoms with Crippen molar-refractivity contribution in [2.45, 2.75) is 0 Å². The zero-order valence-electron chi connectivity index (χ0n) is 14.2. The molecule has 134 valence electrons. The van der Waals surface area contributed by atoms with Crippen LogP contribution in [0.1, 0.15) is 42.4 Å². The fourth-order valence-corrected chi connectivity index (χ4v) is 3.09. The number of nitrogens with one attached hydrogen (secondary N) is 1. The van der Waals surface area contributed by atoms with Gasteiger partial charge in [-0.05, 0) is 18.2 Å². The minimum Gasteiger partial charge on any atom is -0.458 e. The topological polar surface area (TPSA) is 85.6 Å². The van der Waals surface area contributed by atoms with Gasteiger partial charge in [-0.3, -0.25) is 9.59 Å². The summed E-state index contributed by atoms with van der Waals surface area (Å²) in [6.07, 6.45) is 1.39. The van der Waals surface area contributed by atoms with Crippen LogP contribution < -0.4 is 5.32 Å². The molecule has 0 spiro atoms. The Morgan fingerprint density at radius 2 is 1.63 bits per heavy atom. The lowest BCUT2D eigenvalue weighted by Gasteiger charge is -2.20. The highest BCUT2D eigenvalue weighted by molar-refractivity contribution is 6.30. The predicted octanol–water partition coefficient (Wildman–Crippen LogP) is 3.32. The van der Waals surface area contributed by atoms with Crippen LogP contribution in [0.4, 0.5) is 5.69 Å². The Labute approximate surface area is 154 Å². The maximum absolute atomic E-state index is 12.9. The summed E-state index contributed by atoms with van der Waals surface area (Å²) in [6.45, 7) is 0.369. The van der Waals surface area contributed by atoms with Crippen molar-refractivity contribution < 1.29 is 23.5 Å². The number of ether oxygens (including phenoxy) is 1. The molecule has 0 radical (unpaired) electrons. The molecule has 0 bridgehead atoms. The van der Waals surface area contributed by atoms with Crippen molar-refractivity contribution in [1.82, 2.24) is 0 Å². The van der Waals surface area contributed by atoms with Crippen LogP contribution in [0.5, 0.6) is 0 Å². The van der Waals surface area contributed by atoms with E-state index in [1.54, 1.807) is 48.5 Å². The molecule has 1 aliphatic carbocycles. The van der Waals surface area contributed by atoms with Crippen molar-refractivity contribution in [3.05, 3.63) is 88.9 Å². The van der Waals surface area contributed by atoms with E-state index in [1.165, 1.54) is 12.3 Å². The number of ketones is 2. The first-order chi connectivity index (χ1) is 13.2. The van der Waals surface area contributed by atoms with E-state index >= 15 is 0 Å². The Balaban J connectivity index is 1.50. The third-order valence-electron chi connectivity index (χ3n) is 4.33. The van der Waals surface area contributed by atoms with E-state index in [4.69, 9.17) is 9.15 Å². The second-order valence-electron chi connectivity index (χ2n) is 5.97. The van der Waals surface area contributed by atoms with Crippen LogP contribution in [0, 0.1) is 0 Å². The van der Waals surface area contributed by atoms with Crippen molar-refractivity contribution in [2.24, 2.45) is 0 Å². The lowest BCUT2D eigenvalue weighted by Crippen LogP contribution is -2.23. The summed E-state index contributed by atoms with van der Waals surface area (Å²) < 4.78 is 10.1. The lowest BCUT2D eigenvalue weighted by molar-refractivity contribution is 0.0484. The highest BCUT2D eigenvalue weighted by Gasteiger charge is 2.31. The number of carbonyl (C=O) groups is 3. The molecule has 0 atom stereocenters. The fraction of sp³-hybridized carbons (Fsp3) is 0.0952. The number of esters is 1. The van der Waals surface area contributed by atoms with Gasteiger partial charge >= 0.3 is 5.97 Å². The van der Waals surface area contributed by atoms with Crippen molar-refractivity contribution in [3.8, 4) is 0 Å². The standard InChI is InChI=1S/C21H15NO5/c23-19-13-5-1-2-6-14(13)20(24)18-15(19)7-3-8-16(18)22-10-12-27-21(25)17-9-4-11-26-17/h1-9,11,22H,10,12H2. The van der Waals surface area contributed by atoms with E-state index in [2.05, 4.69) is 5.32 Å². The van der Waals surface area contributed by atoms with E-state index in [0.29, 0.717) is 27.9 Å². The largest absolute Gasteiger partial charge is 0.458 e. The normalized spacial score (nSPS) is 12.3. The van der Waals surface area contributed by atoms with Gasteiger partial charge in [-0.1, -0.05) is 36.4 Å². The van der Waals surface area contributed by atoms with Crippen molar-refractivity contribution >= 4 is 23.2 Å². The molecular weight excluding hydrogens is 346 g/mol. The Kier molecular flexibility index (Phi) is 4.30. The molecule has 0 saturated heterocycles. The maximum Gasteiger partial charge on any atom is 0.374 e. The molecule has 1 aliphatic rings. The number of hydrogen-bond acceptors (Lipinski definition) is 6. The molecule has 0 unspecified atom stereocenters.